The van der Waals surface area contributed by atoms with E-state index in [9.17, 15) is 14.9 Å². The number of anilines is 1. The van der Waals surface area contributed by atoms with Crippen molar-refractivity contribution in [2.24, 2.45) is 0 Å². The number of likely N-dealkylation sites (tertiary alicyclic amines) is 1. The van der Waals surface area contributed by atoms with Gasteiger partial charge in [-0.1, -0.05) is 19.4 Å². The highest BCUT2D eigenvalue weighted by Crippen LogP contribution is 2.43. The minimum atomic E-state index is -0.339. The molecular weight excluding hydrogens is 282 g/mol. The molecule has 0 aromatic heterocycles. The third kappa shape index (κ3) is 2.53. The lowest BCUT2D eigenvalue weighted by Gasteiger charge is -2.37. The molecule has 22 heavy (non-hydrogen) atoms. The molecule has 0 spiro atoms. The lowest BCUT2D eigenvalue weighted by Crippen LogP contribution is -2.38. The van der Waals surface area contributed by atoms with Gasteiger partial charge < -0.3 is 10.2 Å². The van der Waals surface area contributed by atoms with Crippen molar-refractivity contribution in [3.8, 4) is 0 Å². The third-order valence-electron chi connectivity index (χ3n) is 4.60. The molecule has 1 aromatic rings. The second kappa shape index (κ2) is 5.94. The Morgan fingerprint density at radius 1 is 1.45 bits per heavy atom. The number of carbonyl (C=O) groups excluding carboxylic acids is 1. The van der Waals surface area contributed by atoms with E-state index in [1.165, 1.54) is 6.07 Å². The van der Waals surface area contributed by atoms with Crippen LogP contribution in [0.4, 0.5) is 11.4 Å². The molecule has 118 valence electrons. The highest BCUT2D eigenvalue weighted by Gasteiger charge is 2.39. The summed E-state index contributed by atoms with van der Waals surface area (Å²) in [6.07, 6.45) is 4.19. The topological polar surface area (TPSA) is 75.5 Å². The molecule has 2 aliphatic heterocycles. The number of nitrogens with zero attached hydrogens (tertiary/aromatic N) is 2. The molecule has 2 aliphatic rings. The van der Waals surface area contributed by atoms with Gasteiger partial charge in [-0.05, 0) is 25.3 Å². The van der Waals surface area contributed by atoms with Crippen molar-refractivity contribution >= 4 is 17.3 Å². The molecular formula is C16H21N3O3. The van der Waals surface area contributed by atoms with Gasteiger partial charge in [-0.25, -0.2) is 0 Å². The van der Waals surface area contributed by atoms with Gasteiger partial charge in [0.15, 0.2) is 0 Å². The molecule has 1 amide bonds. The highest BCUT2D eigenvalue weighted by atomic mass is 16.6. The number of hydrogen-bond acceptors (Lipinski definition) is 4. The van der Waals surface area contributed by atoms with Gasteiger partial charge in [-0.2, -0.15) is 0 Å². The predicted molar refractivity (Wildman–Crippen MR) is 83.7 cm³/mol. The van der Waals surface area contributed by atoms with Crippen molar-refractivity contribution in [3.05, 3.63) is 33.9 Å². The van der Waals surface area contributed by atoms with Crippen molar-refractivity contribution in [3.63, 3.8) is 0 Å². The monoisotopic (exact) mass is 303 g/mol. The van der Waals surface area contributed by atoms with Crippen molar-refractivity contribution in [2.75, 3.05) is 11.9 Å². The van der Waals surface area contributed by atoms with E-state index in [-0.39, 0.29) is 28.6 Å². The van der Waals surface area contributed by atoms with Gasteiger partial charge in [0.05, 0.1) is 16.5 Å². The minimum Gasteiger partial charge on any atom is -0.382 e. The van der Waals surface area contributed by atoms with E-state index in [0.717, 1.165) is 31.4 Å². The van der Waals surface area contributed by atoms with Crippen LogP contribution >= 0.6 is 0 Å². The zero-order valence-corrected chi connectivity index (χ0v) is 12.7. The summed E-state index contributed by atoms with van der Waals surface area (Å²) in [5, 5.41) is 14.8. The fourth-order valence-electron chi connectivity index (χ4n) is 3.67. The summed E-state index contributed by atoms with van der Waals surface area (Å²) in [5.74, 6) is 0.117. The number of fused-ring (bicyclic) bond motifs is 1. The van der Waals surface area contributed by atoms with Gasteiger partial charge in [-0.3, -0.25) is 14.9 Å². The van der Waals surface area contributed by atoms with Crippen LogP contribution in [0.3, 0.4) is 0 Å². The first-order valence-corrected chi connectivity index (χ1v) is 7.95. The van der Waals surface area contributed by atoms with Crippen LogP contribution in [0, 0.1) is 10.1 Å². The summed E-state index contributed by atoms with van der Waals surface area (Å²) < 4.78 is 0. The van der Waals surface area contributed by atoms with E-state index in [2.05, 4.69) is 12.2 Å². The molecule has 2 heterocycles. The first-order valence-electron chi connectivity index (χ1n) is 7.95. The number of rotatable bonds is 4. The van der Waals surface area contributed by atoms with Crippen LogP contribution in [0.25, 0.3) is 0 Å². The summed E-state index contributed by atoms with van der Waals surface area (Å²) in [6, 6.07) is 5.22. The first-order chi connectivity index (χ1) is 10.6. The van der Waals surface area contributed by atoms with Crippen LogP contribution in [0.1, 0.15) is 50.6 Å². The summed E-state index contributed by atoms with van der Waals surface area (Å²) in [6.45, 7) is 2.83. The maximum atomic E-state index is 12.2. The second-order valence-corrected chi connectivity index (χ2v) is 6.07. The number of nitro benzene ring substituents is 1. The third-order valence-corrected chi connectivity index (χ3v) is 4.60. The number of amides is 1. The predicted octanol–water partition coefficient (Wildman–Crippen LogP) is 3.24. The molecule has 2 unspecified atom stereocenters. The highest BCUT2D eigenvalue weighted by molar-refractivity contribution is 5.79. The molecule has 3 rings (SSSR count). The fourth-order valence-corrected chi connectivity index (χ4v) is 3.67. The molecule has 1 fully saturated rings. The molecule has 2 atom stereocenters. The van der Waals surface area contributed by atoms with E-state index >= 15 is 0 Å². The van der Waals surface area contributed by atoms with Crippen molar-refractivity contribution in [1.82, 2.24) is 4.90 Å². The molecule has 0 aliphatic carbocycles. The minimum absolute atomic E-state index is 0.115. The Morgan fingerprint density at radius 2 is 2.27 bits per heavy atom. The summed E-state index contributed by atoms with van der Waals surface area (Å²) >= 11 is 0. The number of carbonyl (C=O) groups is 1. The maximum Gasteiger partial charge on any atom is 0.276 e. The van der Waals surface area contributed by atoms with Gasteiger partial charge >= 0.3 is 0 Å². The van der Waals surface area contributed by atoms with Gasteiger partial charge in [0.1, 0.15) is 0 Å². The Morgan fingerprint density at radius 3 is 2.91 bits per heavy atom. The van der Waals surface area contributed by atoms with E-state index in [1.807, 2.05) is 11.0 Å². The Kier molecular flexibility index (Phi) is 4.00. The average molecular weight is 303 g/mol. The van der Waals surface area contributed by atoms with Gasteiger partial charge in [0.25, 0.3) is 5.69 Å². The average Bonchev–Trinajstić information content (AvgIpc) is 2.92. The lowest BCUT2D eigenvalue weighted by molar-refractivity contribution is -0.385. The standard InChI is InChI=1S/C16H21N3O3/c1-2-5-11-10-14(18-9-4-8-15(18)20)16-12(17-11)6-3-7-13(16)19(21)22/h3,6-7,11,14,17H,2,4-5,8-10H2,1H3. The smallest absolute Gasteiger partial charge is 0.276 e. The van der Waals surface area contributed by atoms with Gasteiger partial charge in [0, 0.05) is 30.8 Å². The molecule has 0 saturated carbocycles. The van der Waals surface area contributed by atoms with Crippen LogP contribution in [-0.4, -0.2) is 28.3 Å². The second-order valence-electron chi connectivity index (χ2n) is 6.07. The van der Waals surface area contributed by atoms with Gasteiger partial charge in [0.2, 0.25) is 5.91 Å². The Hall–Kier alpha value is -2.11. The van der Waals surface area contributed by atoms with E-state index < -0.39 is 0 Å². The largest absolute Gasteiger partial charge is 0.382 e. The summed E-state index contributed by atoms with van der Waals surface area (Å²) in [4.78, 5) is 25.1. The number of nitro groups is 1. The first kappa shape index (κ1) is 14.8. The molecule has 1 N–H and O–H groups in total. The van der Waals surface area contributed by atoms with Gasteiger partial charge in [-0.15, -0.1) is 0 Å². The van der Waals surface area contributed by atoms with Crippen LogP contribution in [0.5, 0.6) is 0 Å². The van der Waals surface area contributed by atoms with E-state index in [0.29, 0.717) is 18.5 Å². The molecule has 1 saturated heterocycles. The van der Waals surface area contributed by atoms with Crippen molar-refractivity contribution in [1.29, 1.82) is 0 Å². The van der Waals surface area contributed by atoms with Crippen molar-refractivity contribution in [2.45, 2.75) is 51.1 Å². The zero-order valence-electron chi connectivity index (χ0n) is 12.7. The lowest BCUT2D eigenvalue weighted by atomic mass is 9.89. The normalized spacial score (nSPS) is 24.0. The number of nitrogens with one attached hydrogen (secondary N) is 1. The zero-order chi connectivity index (χ0) is 15.7. The molecule has 6 nitrogen and oxygen atoms in total. The SMILES string of the molecule is CCCC1CC(N2CCCC2=O)c2c(cccc2[N+](=O)[O-])N1. The number of hydrogen-bond donors (Lipinski definition) is 1. The molecule has 6 heteroatoms. The van der Waals surface area contributed by atoms with Crippen LogP contribution in [0.15, 0.2) is 18.2 Å². The van der Waals surface area contributed by atoms with E-state index in [4.69, 9.17) is 0 Å². The summed E-state index contributed by atoms with van der Waals surface area (Å²) in [5.41, 5.74) is 1.60. The maximum absolute atomic E-state index is 12.2. The van der Waals surface area contributed by atoms with E-state index in [1.54, 1.807) is 6.07 Å². The quantitative estimate of drug-likeness (QED) is 0.684. The summed E-state index contributed by atoms with van der Waals surface area (Å²) in [7, 11) is 0. The van der Waals surface area contributed by atoms with Crippen LogP contribution < -0.4 is 5.32 Å². The Labute approximate surface area is 129 Å². The molecule has 1 aromatic carbocycles. The molecule has 0 bridgehead atoms. The van der Waals surface area contributed by atoms with Crippen molar-refractivity contribution < 1.29 is 9.72 Å². The fraction of sp³-hybridized carbons (Fsp3) is 0.562. The number of benzene rings is 1. The van der Waals surface area contributed by atoms with Crippen LogP contribution in [-0.2, 0) is 4.79 Å². The molecule has 0 radical (unpaired) electrons. The Balaban J connectivity index is 2.04. The van der Waals surface area contributed by atoms with Crippen LogP contribution in [0.2, 0.25) is 0 Å². The Bertz CT molecular complexity index is 602.